The van der Waals surface area contributed by atoms with Crippen molar-refractivity contribution in [2.24, 2.45) is 5.11 Å². The highest BCUT2D eigenvalue weighted by Crippen LogP contribution is 2.22. The zero-order chi connectivity index (χ0) is 29.7. The summed E-state index contributed by atoms with van der Waals surface area (Å²) in [5.74, 6) is 0. The van der Waals surface area contributed by atoms with Crippen molar-refractivity contribution in [3.8, 4) is 0 Å². The summed E-state index contributed by atoms with van der Waals surface area (Å²) in [5, 5.41) is 6.86. The van der Waals surface area contributed by atoms with Crippen LogP contribution in [0, 0.1) is 0 Å². The molecule has 14 heteroatoms. The van der Waals surface area contributed by atoms with Gasteiger partial charge in [0.25, 0.3) is 0 Å². The van der Waals surface area contributed by atoms with Crippen LogP contribution in [0.15, 0.2) is 126 Å². The third kappa shape index (κ3) is 7.40. The predicted molar refractivity (Wildman–Crippen MR) is 169 cm³/mol. The van der Waals surface area contributed by atoms with Gasteiger partial charge in [0.15, 0.2) is 0 Å². The zero-order valence-electron chi connectivity index (χ0n) is 23.6. The van der Waals surface area contributed by atoms with Gasteiger partial charge >= 0.3 is 36.2 Å². The minimum Gasteiger partial charge on any atom is -0.402 e. The minimum absolute atomic E-state index is 0.242. The average Bonchev–Trinajstić information content (AvgIpc) is 3.07. The quantitative estimate of drug-likeness (QED) is 0.0803. The van der Waals surface area contributed by atoms with Crippen LogP contribution in [0.1, 0.15) is 0 Å². The molecule has 4 rings (SSSR count). The van der Waals surface area contributed by atoms with Crippen molar-refractivity contribution < 1.29 is 30.0 Å². The maximum atomic E-state index is 8.84. The van der Waals surface area contributed by atoms with Crippen LogP contribution in [0.25, 0.3) is 10.4 Å². The molecule has 0 radical (unpaired) electrons. The highest BCUT2D eigenvalue weighted by atomic mass is 28.5. The highest BCUT2D eigenvalue weighted by molar-refractivity contribution is 7.06. The average molecular weight is 636 g/mol. The van der Waals surface area contributed by atoms with Crippen LogP contribution in [-0.4, -0.2) is 64.2 Å². The van der Waals surface area contributed by atoms with Crippen LogP contribution < -0.4 is 20.7 Å². The molecule has 0 aromatic heterocycles. The monoisotopic (exact) mass is 635 g/mol. The van der Waals surface area contributed by atoms with Crippen molar-refractivity contribution >= 4 is 56.9 Å². The van der Waals surface area contributed by atoms with Crippen molar-refractivity contribution in [3.05, 3.63) is 132 Å². The summed E-state index contributed by atoms with van der Waals surface area (Å²) in [7, 11) is -8.45. The molecular formula is C28H33N3O7Si4. The van der Waals surface area contributed by atoms with E-state index in [0.717, 1.165) is 20.7 Å². The Labute approximate surface area is 251 Å². The van der Waals surface area contributed by atoms with E-state index in [1.54, 1.807) is 14.2 Å². The predicted octanol–water partition coefficient (Wildman–Crippen LogP) is 2.21. The first-order chi connectivity index (χ1) is 20.6. The lowest BCUT2D eigenvalue weighted by Crippen LogP contribution is -2.77. The van der Waals surface area contributed by atoms with Crippen LogP contribution in [0.4, 0.5) is 0 Å². The number of rotatable bonds is 16. The molecule has 0 aliphatic heterocycles. The largest absolute Gasteiger partial charge is 0.475 e. The molecule has 42 heavy (non-hydrogen) atoms. The molecule has 4 aromatic rings. The standard InChI is InChI=1S/C28H33N3O7Si4/c1-32-39(33-2)36-41(25-16-8-4-9-17-25,26-18-10-5-11-19-26)38-42(27-20-12-6-13-21-27,28-22-14-7-15-23-28)37-40(34-3)35-24-30-31-29/h4-23,39-40H,24H2,1-3H3. The highest BCUT2D eigenvalue weighted by Gasteiger charge is 2.56. The van der Waals surface area contributed by atoms with E-state index in [9.17, 15) is 0 Å². The van der Waals surface area contributed by atoms with Gasteiger partial charge in [-0.3, -0.25) is 0 Å². The van der Waals surface area contributed by atoms with Crippen LogP contribution in [0.3, 0.4) is 0 Å². The second-order valence-corrected chi connectivity index (χ2v) is 19.2. The number of benzene rings is 4. The number of nitrogens with zero attached hydrogens (tertiary/aromatic N) is 3. The maximum absolute atomic E-state index is 8.84. The van der Waals surface area contributed by atoms with E-state index in [0.29, 0.717) is 0 Å². The molecule has 1 atom stereocenters. The lowest BCUT2D eigenvalue weighted by atomic mass is 10.4. The lowest BCUT2D eigenvalue weighted by Gasteiger charge is -2.43. The molecule has 4 aromatic carbocycles. The van der Waals surface area contributed by atoms with Gasteiger partial charge in [-0.05, 0) is 26.3 Å². The van der Waals surface area contributed by atoms with Gasteiger partial charge in [0.1, 0.15) is 6.73 Å². The normalized spacial score (nSPS) is 12.6. The number of hydrogen-bond acceptors (Lipinski definition) is 8. The molecule has 0 aliphatic rings. The van der Waals surface area contributed by atoms with Crippen molar-refractivity contribution in [1.29, 1.82) is 0 Å². The first-order valence-electron chi connectivity index (χ1n) is 13.1. The third-order valence-corrected chi connectivity index (χ3v) is 18.8. The van der Waals surface area contributed by atoms with Crippen LogP contribution in [0.5, 0.6) is 0 Å². The molecule has 0 fully saturated rings. The van der Waals surface area contributed by atoms with Gasteiger partial charge in [0, 0.05) is 26.2 Å². The molecule has 10 nitrogen and oxygen atoms in total. The van der Waals surface area contributed by atoms with Crippen LogP contribution >= 0.6 is 0 Å². The molecular weight excluding hydrogens is 603 g/mol. The Kier molecular flexibility index (Phi) is 12.0. The summed E-state index contributed by atoms with van der Waals surface area (Å²) in [6, 6.07) is 39.2. The van der Waals surface area contributed by atoms with E-state index in [-0.39, 0.29) is 6.73 Å². The molecule has 0 amide bonds. The second kappa shape index (κ2) is 15.9. The fourth-order valence-electron chi connectivity index (χ4n) is 4.46. The number of hydrogen-bond donors (Lipinski definition) is 0. The van der Waals surface area contributed by atoms with Gasteiger partial charge in [-0.2, -0.15) is 0 Å². The molecule has 0 N–H and O–H groups in total. The Morgan fingerprint density at radius 1 is 0.571 bits per heavy atom. The first kappa shape index (κ1) is 31.7. The summed E-state index contributed by atoms with van der Waals surface area (Å²) >= 11 is 0. The van der Waals surface area contributed by atoms with Gasteiger partial charge in [-0.25, -0.2) is 0 Å². The van der Waals surface area contributed by atoms with E-state index in [1.807, 2.05) is 121 Å². The fraction of sp³-hybridized carbons (Fsp3) is 0.143. The summed E-state index contributed by atoms with van der Waals surface area (Å²) in [6.07, 6.45) is 0. The van der Waals surface area contributed by atoms with Crippen molar-refractivity contribution in [1.82, 2.24) is 0 Å². The Morgan fingerprint density at radius 2 is 0.905 bits per heavy atom. The SMILES string of the molecule is CO[SiH](OC)O[Si](O[Si](O[SiH](OC)OCN=[N+]=[N-])(c1ccccc1)c1ccccc1)(c1ccccc1)c1ccccc1. The first-order valence-corrected chi connectivity index (χ1v) is 19.6. The second-order valence-electron chi connectivity index (χ2n) is 8.85. The Bertz CT molecular complexity index is 1320. The topological polar surface area (TPSA) is 113 Å². The van der Waals surface area contributed by atoms with Crippen molar-refractivity contribution in [2.45, 2.75) is 0 Å². The van der Waals surface area contributed by atoms with E-state index >= 15 is 0 Å². The van der Waals surface area contributed by atoms with Gasteiger partial charge in [0.2, 0.25) is 0 Å². The lowest BCUT2D eigenvalue weighted by molar-refractivity contribution is 0.155. The van der Waals surface area contributed by atoms with Gasteiger partial charge < -0.3 is 30.0 Å². The molecule has 0 saturated heterocycles. The minimum atomic E-state index is -3.76. The maximum Gasteiger partial charge on any atom is 0.475 e. The smallest absolute Gasteiger partial charge is 0.402 e. The van der Waals surface area contributed by atoms with Crippen LogP contribution in [0.2, 0.25) is 0 Å². The fourth-order valence-corrected chi connectivity index (χ4v) is 18.7. The molecule has 0 bridgehead atoms. The summed E-state index contributed by atoms with van der Waals surface area (Å²) in [6.45, 7) is -0.242. The van der Waals surface area contributed by atoms with E-state index in [2.05, 4.69) is 10.0 Å². The Morgan fingerprint density at radius 3 is 1.21 bits per heavy atom. The third-order valence-electron chi connectivity index (χ3n) is 6.34. The van der Waals surface area contributed by atoms with E-state index in [1.165, 1.54) is 7.11 Å². The molecule has 0 aliphatic carbocycles. The van der Waals surface area contributed by atoms with E-state index < -0.39 is 36.2 Å². The molecule has 218 valence electrons. The molecule has 0 spiro atoms. The zero-order valence-corrected chi connectivity index (χ0v) is 27.9. The van der Waals surface area contributed by atoms with Crippen molar-refractivity contribution in [2.75, 3.05) is 28.1 Å². The summed E-state index contributed by atoms with van der Waals surface area (Å²) in [5.41, 5.74) is 8.84. The summed E-state index contributed by atoms with van der Waals surface area (Å²) in [4.78, 5) is 2.80. The van der Waals surface area contributed by atoms with Gasteiger partial charge in [-0.1, -0.05) is 126 Å². The molecule has 0 heterocycles. The van der Waals surface area contributed by atoms with E-state index in [4.69, 9.17) is 35.6 Å². The van der Waals surface area contributed by atoms with Crippen molar-refractivity contribution in [3.63, 3.8) is 0 Å². The molecule has 1 unspecified atom stereocenters. The Balaban J connectivity index is 2.04. The van der Waals surface area contributed by atoms with Gasteiger partial charge in [0.05, 0.1) is 0 Å². The molecule has 0 saturated carbocycles. The van der Waals surface area contributed by atoms with Crippen LogP contribution in [-0.2, 0) is 30.0 Å². The number of azide groups is 1. The van der Waals surface area contributed by atoms with Gasteiger partial charge in [-0.15, -0.1) is 0 Å². The summed E-state index contributed by atoms with van der Waals surface area (Å²) < 4.78 is 44.6. The Hall–Kier alpha value is -3.22.